The molecule has 148 valence electrons. The number of rotatable bonds is 7. The van der Waals surface area contributed by atoms with Gasteiger partial charge in [0.1, 0.15) is 0 Å². The zero-order valence-corrected chi connectivity index (χ0v) is 17.2. The Morgan fingerprint density at radius 1 is 0.929 bits per heavy atom. The van der Waals surface area contributed by atoms with E-state index in [1.807, 2.05) is 60.7 Å². The van der Waals surface area contributed by atoms with Crippen molar-refractivity contribution in [3.05, 3.63) is 71.6 Å². The lowest BCUT2D eigenvalue weighted by molar-refractivity contribution is -0.131. The zero-order valence-electron chi connectivity index (χ0n) is 15.6. The van der Waals surface area contributed by atoms with Crippen LogP contribution in [0.3, 0.4) is 0 Å². The second kappa shape index (κ2) is 9.91. The minimum absolute atomic E-state index is 0.0836. The minimum Gasteiger partial charge on any atom is -0.340 e. The van der Waals surface area contributed by atoms with Crippen LogP contribution in [-0.4, -0.2) is 55.5 Å². The summed E-state index contributed by atoms with van der Waals surface area (Å²) in [6, 6.07) is 19.3. The molecule has 0 aliphatic carbocycles. The van der Waals surface area contributed by atoms with E-state index in [1.165, 1.54) is 9.71 Å². The molecule has 3 rings (SSSR count). The number of sulfonamides is 1. The van der Waals surface area contributed by atoms with Crippen molar-refractivity contribution in [2.45, 2.75) is 11.3 Å². The molecule has 1 amide bonds. The summed E-state index contributed by atoms with van der Waals surface area (Å²) in [7, 11) is -3.47. The van der Waals surface area contributed by atoms with Gasteiger partial charge < -0.3 is 4.90 Å². The van der Waals surface area contributed by atoms with Crippen molar-refractivity contribution in [1.29, 1.82) is 0 Å². The van der Waals surface area contributed by atoms with E-state index >= 15 is 0 Å². The van der Waals surface area contributed by atoms with Gasteiger partial charge in [-0.05, 0) is 23.8 Å². The molecule has 0 aromatic heterocycles. The molecule has 1 heterocycles. The summed E-state index contributed by atoms with van der Waals surface area (Å²) in [4.78, 5) is 15.3. The number of hydrogen-bond acceptors (Lipinski definition) is 4. The summed E-state index contributed by atoms with van der Waals surface area (Å²) in [6.07, 6.45) is 2.06. The van der Waals surface area contributed by atoms with Crippen LogP contribution in [0.2, 0.25) is 0 Å². The highest BCUT2D eigenvalue weighted by molar-refractivity contribution is 7.99. The number of benzene rings is 2. The molecule has 5 nitrogen and oxygen atoms in total. The average Bonchev–Trinajstić information content (AvgIpc) is 2.74. The molecule has 1 aliphatic rings. The fourth-order valence-electron chi connectivity index (χ4n) is 2.94. The SMILES string of the molecule is O=C(CCSc1ccccc1)N1CCN(S(=O)(=O)C=Cc2ccccc2)CC1. The van der Waals surface area contributed by atoms with Gasteiger partial charge in [0, 0.05) is 48.7 Å². The van der Waals surface area contributed by atoms with E-state index in [4.69, 9.17) is 0 Å². The van der Waals surface area contributed by atoms with Crippen molar-refractivity contribution in [2.24, 2.45) is 0 Å². The molecule has 0 N–H and O–H groups in total. The Morgan fingerprint density at radius 2 is 1.54 bits per heavy atom. The molecule has 1 fully saturated rings. The van der Waals surface area contributed by atoms with E-state index in [0.717, 1.165) is 16.2 Å². The largest absolute Gasteiger partial charge is 0.340 e. The molecule has 0 spiro atoms. The predicted octanol–water partition coefficient (Wildman–Crippen LogP) is 3.31. The lowest BCUT2D eigenvalue weighted by atomic mass is 10.2. The third-order valence-corrected chi connectivity index (χ3v) is 7.09. The van der Waals surface area contributed by atoms with Crippen molar-refractivity contribution in [3.8, 4) is 0 Å². The maximum Gasteiger partial charge on any atom is 0.236 e. The number of carbonyl (C=O) groups excluding carboxylic acids is 1. The summed E-state index contributed by atoms with van der Waals surface area (Å²) in [6.45, 7) is 1.54. The first-order valence-electron chi connectivity index (χ1n) is 9.23. The fraction of sp³-hybridized carbons (Fsp3) is 0.286. The Morgan fingerprint density at radius 3 is 2.18 bits per heavy atom. The summed E-state index contributed by atoms with van der Waals surface area (Å²) < 4.78 is 26.4. The van der Waals surface area contributed by atoms with Gasteiger partial charge in [-0.3, -0.25) is 4.79 Å². The molecular formula is C21H24N2O3S2. The van der Waals surface area contributed by atoms with Crippen LogP contribution in [0.5, 0.6) is 0 Å². The van der Waals surface area contributed by atoms with Crippen LogP contribution in [0.1, 0.15) is 12.0 Å². The topological polar surface area (TPSA) is 57.7 Å². The van der Waals surface area contributed by atoms with Gasteiger partial charge in [-0.15, -0.1) is 11.8 Å². The molecule has 28 heavy (non-hydrogen) atoms. The Kier molecular flexibility index (Phi) is 7.30. The van der Waals surface area contributed by atoms with Crippen molar-refractivity contribution < 1.29 is 13.2 Å². The fourth-order valence-corrected chi connectivity index (χ4v) is 4.97. The minimum atomic E-state index is -3.47. The Labute approximate surface area is 171 Å². The molecule has 7 heteroatoms. The van der Waals surface area contributed by atoms with E-state index < -0.39 is 10.0 Å². The van der Waals surface area contributed by atoms with Crippen molar-refractivity contribution in [2.75, 3.05) is 31.9 Å². The molecule has 0 radical (unpaired) electrons. The number of thioether (sulfide) groups is 1. The molecule has 0 unspecified atom stereocenters. The van der Waals surface area contributed by atoms with E-state index in [1.54, 1.807) is 22.7 Å². The van der Waals surface area contributed by atoms with Crippen molar-refractivity contribution in [3.63, 3.8) is 0 Å². The first-order valence-corrected chi connectivity index (χ1v) is 11.7. The van der Waals surface area contributed by atoms with Gasteiger partial charge in [-0.2, -0.15) is 4.31 Å². The normalized spacial score (nSPS) is 15.8. The van der Waals surface area contributed by atoms with E-state index in [-0.39, 0.29) is 5.91 Å². The number of carbonyl (C=O) groups is 1. The highest BCUT2D eigenvalue weighted by atomic mass is 32.2. The van der Waals surface area contributed by atoms with Crippen LogP contribution in [-0.2, 0) is 14.8 Å². The lowest BCUT2D eigenvalue weighted by Gasteiger charge is -2.33. The second-order valence-corrected chi connectivity index (χ2v) is 9.44. The van der Waals surface area contributed by atoms with Crippen LogP contribution in [0.25, 0.3) is 6.08 Å². The second-order valence-electron chi connectivity index (χ2n) is 6.45. The number of nitrogens with zero attached hydrogens (tertiary/aromatic N) is 2. The zero-order chi connectivity index (χ0) is 19.8. The van der Waals surface area contributed by atoms with E-state index in [2.05, 4.69) is 0 Å². The van der Waals surface area contributed by atoms with Gasteiger partial charge in [0.15, 0.2) is 0 Å². The standard InChI is InChI=1S/C21H24N2O3S2/c24-21(11-17-27-20-9-5-2-6-10-20)22-13-15-23(16-14-22)28(25,26)18-12-19-7-3-1-4-8-19/h1-10,12,18H,11,13-17H2. The van der Waals surface area contributed by atoms with Gasteiger partial charge in [0.2, 0.25) is 15.9 Å². The summed E-state index contributed by atoms with van der Waals surface area (Å²) >= 11 is 1.66. The highest BCUT2D eigenvalue weighted by Crippen LogP contribution is 2.19. The first-order chi connectivity index (χ1) is 13.5. The predicted molar refractivity (Wildman–Crippen MR) is 114 cm³/mol. The van der Waals surface area contributed by atoms with E-state index in [9.17, 15) is 13.2 Å². The summed E-state index contributed by atoms with van der Waals surface area (Å²) in [5, 5.41) is 1.25. The summed E-state index contributed by atoms with van der Waals surface area (Å²) in [5.74, 6) is 0.807. The molecule has 2 aromatic carbocycles. The Hall–Kier alpha value is -2.09. The highest BCUT2D eigenvalue weighted by Gasteiger charge is 2.27. The monoisotopic (exact) mass is 416 g/mol. The summed E-state index contributed by atoms with van der Waals surface area (Å²) in [5.41, 5.74) is 0.843. The van der Waals surface area contributed by atoms with Gasteiger partial charge in [0.25, 0.3) is 0 Å². The Balaban J connectivity index is 1.45. The quantitative estimate of drug-likeness (QED) is 0.650. The molecule has 2 aromatic rings. The molecular weight excluding hydrogens is 392 g/mol. The van der Waals surface area contributed by atoms with Gasteiger partial charge >= 0.3 is 0 Å². The van der Waals surface area contributed by atoms with Gasteiger partial charge in [-0.1, -0.05) is 48.5 Å². The third kappa shape index (κ3) is 5.95. The maximum atomic E-state index is 12.5. The molecule has 0 bridgehead atoms. The number of amides is 1. The Bertz CT molecular complexity index is 892. The molecule has 1 aliphatic heterocycles. The van der Waals surface area contributed by atoms with Crippen LogP contribution in [0.4, 0.5) is 0 Å². The van der Waals surface area contributed by atoms with Crippen LogP contribution in [0.15, 0.2) is 71.0 Å². The van der Waals surface area contributed by atoms with Crippen LogP contribution in [0, 0.1) is 0 Å². The number of hydrogen-bond donors (Lipinski definition) is 0. The number of piperazine rings is 1. The van der Waals surface area contributed by atoms with Crippen molar-refractivity contribution >= 4 is 33.8 Å². The lowest BCUT2D eigenvalue weighted by Crippen LogP contribution is -2.50. The smallest absolute Gasteiger partial charge is 0.236 e. The van der Waals surface area contributed by atoms with Crippen LogP contribution >= 0.6 is 11.8 Å². The van der Waals surface area contributed by atoms with Crippen molar-refractivity contribution in [1.82, 2.24) is 9.21 Å². The van der Waals surface area contributed by atoms with Gasteiger partial charge in [-0.25, -0.2) is 8.42 Å². The molecule has 1 saturated heterocycles. The van der Waals surface area contributed by atoms with Gasteiger partial charge in [0.05, 0.1) is 0 Å². The van der Waals surface area contributed by atoms with E-state index in [0.29, 0.717) is 32.6 Å². The first kappa shape index (κ1) is 20.6. The molecule has 0 saturated carbocycles. The third-order valence-electron chi connectivity index (χ3n) is 4.51. The molecule has 0 atom stereocenters. The average molecular weight is 417 g/mol. The maximum absolute atomic E-state index is 12.5. The van der Waals surface area contributed by atoms with Crippen LogP contribution < -0.4 is 0 Å².